The van der Waals surface area contributed by atoms with Crippen molar-refractivity contribution in [2.45, 2.75) is 52.2 Å². The molecule has 1 amide bonds. The van der Waals surface area contributed by atoms with Crippen LogP contribution in [0.25, 0.3) is 5.69 Å². The van der Waals surface area contributed by atoms with Crippen molar-refractivity contribution in [3.05, 3.63) is 65.4 Å². The molecule has 1 fully saturated rings. The highest BCUT2D eigenvalue weighted by atomic mass is 19.1. The summed E-state index contributed by atoms with van der Waals surface area (Å²) >= 11 is 0. The van der Waals surface area contributed by atoms with Crippen molar-refractivity contribution in [2.24, 2.45) is 0 Å². The van der Waals surface area contributed by atoms with Crippen LogP contribution < -0.4 is 9.47 Å². The first-order valence-corrected chi connectivity index (χ1v) is 12.2. The lowest BCUT2D eigenvalue weighted by Gasteiger charge is -2.25. The smallest absolute Gasteiger partial charge is 0.228 e. The monoisotopic (exact) mass is 499 g/mol. The third-order valence-corrected chi connectivity index (χ3v) is 6.22. The van der Waals surface area contributed by atoms with Crippen molar-refractivity contribution < 1.29 is 27.8 Å². The minimum Gasteiger partial charge on any atom is -0.497 e. The molecule has 4 rings (SSSR count). The molecule has 0 spiro atoms. The predicted molar refractivity (Wildman–Crippen MR) is 131 cm³/mol. The predicted octanol–water partition coefficient (Wildman–Crippen LogP) is 5.43. The van der Waals surface area contributed by atoms with Gasteiger partial charge in [-0.05, 0) is 55.7 Å². The Bertz CT molecular complexity index is 1190. The third kappa shape index (κ3) is 5.67. The lowest BCUT2D eigenvalue weighted by Crippen LogP contribution is -2.36. The van der Waals surface area contributed by atoms with Gasteiger partial charge in [-0.3, -0.25) is 4.79 Å². The second-order valence-electron chi connectivity index (χ2n) is 8.63. The standard InChI is InChI=1S/C27H31F2N3O4/c1-4-24-22(17-31(26(33)5-2)16-21-7-6-14-35-21)27(36-25-13-8-18(28)15-23(25)29)32(30-24)19-9-11-20(34-3)12-10-19/h8-13,15,21H,4-7,14,16-17H2,1-3H3/t21-/m0/s1. The summed E-state index contributed by atoms with van der Waals surface area (Å²) < 4.78 is 46.8. The minimum atomic E-state index is -0.831. The van der Waals surface area contributed by atoms with Gasteiger partial charge in [-0.1, -0.05) is 13.8 Å². The SMILES string of the molecule is CCC(=O)N(Cc1c(CC)nn(-c2ccc(OC)cc2)c1Oc1ccc(F)cc1F)C[C@@H]1CCCO1. The van der Waals surface area contributed by atoms with Gasteiger partial charge in [-0.15, -0.1) is 0 Å². The highest BCUT2D eigenvalue weighted by Crippen LogP contribution is 2.34. The normalized spacial score (nSPS) is 15.2. The average Bonchev–Trinajstić information content (AvgIpc) is 3.53. The fourth-order valence-electron chi connectivity index (χ4n) is 4.29. The van der Waals surface area contributed by atoms with Gasteiger partial charge in [-0.25, -0.2) is 13.5 Å². The van der Waals surface area contributed by atoms with Gasteiger partial charge >= 0.3 is 0 Å². The largest absolute Gasteiger partial charge is 0.497 e. The highest BCUT2D eigenvalue weighted by Gasteiger charge is 2.27. The van der Waals surface area contributed by atoms with Crippen LogP contribution >= 0.6 is 0 Å². The van der Waals surface area contributed by atoms with E-state index in [9.17, 15) is 13.6 Å². The van der Waals surface area contributed by atoms with Gasteiger partial charge < -0.3 is 19.1 Å². The number of hydrogen-bond acceptors (Lipinski definition) is 5. The van der Waals surface area contributed by atoms with Gasteiger partial charge in [0.15, 0.2) is 11.6 Å². The molecule has 0 bridgehead atoms. The van der Waals surface area contributed by atoms with Gasteiger partial charge in [0, 0.05) is 25.6 Å². The van der Waals surface area contributed by atoms with E-state index in [-0.39, 0.29) is 30.2 Å². The first-order chi connectivity index (χ1) is 17.4. The van der Waals surface area contributed by atoms with Crippen LogP contribution in [0.3, 0.4) is 0 Å². The van der Waals surface area contributed by atoms with Gasteiger partial charge in [0.05, 0.1) is 36.7 Å². The quantitative estimate of drug-likeness (QED) is 0.372. The molecule has 1 saturated heterocycles. The number of aryl methyl sites for hydroxylation is 1. The van der Waals surface area contributed by atoms with Crippen LogP contribution in [0.5, 0.6) is 17.4 Å². The molecule has 1 aliphatic rings. The number of methoxy groups -OCH3 is 1. The van der Waals surface area contributed by atoms with Crippen molar-refractivity contribution in [2.75, 3.05) is 20.3 Å². The highest BCUT2D eigenvalue weighted by molar-refractivity contribution is 5.76. The minimum absolute atomic E-state index is 0.0244. The maximum absolute atomic E-state index is 14.6. The molecule has 36 heavy (non-hydrogen) atoms. The molecular formula is C27H31F2N3O4. The van der Waals surface area contributed by atoms with Gasteiger partial charge in [0.25, 0.3) is 0 Å². The Morgan fingerprint density at radius 3 is 2.58 bits per heavy atom. The number of carbonyl (C=O) groups is 1. The van der Waals surface area contributed by atoms with Crippen LogP contribution in [0.1, 0.15) is 44.4 Å². The number of hydrogen-bond donors (Lipinski definition) is 0. The van der Waals surface area contributed by atoms with E-state index in [0.29, 0.717) is 48.7 Å². The van der Waals surface area contributed by atoms with Gasteiger partial charge in [0.2, 0.25) is 11.8 Å². The molecular weight excluding hydrogens is 468 g/mol. The van der Waals surface area contributed by atoms with Crippen LogP contribution in [0.2, 0.25) is 0 Å². The summed E-state index contributed by atoms with van der Waals surface area (Å²) in [7, 11) is 1.58. The number of ether oxygens (including phenoxy) is 3. The number of amides is 1. The van der Waals surface area contributed by atoms with Crippen molar-refractivity contribution in [1.29, 1.82) is 0 Å². The fraction of sp³-hybridized carbons (Fsp3) is 0.407. The van der Waals surface area contributed by atoms with Crippen LogP contribution in [0, 0.1) is 11.6 Å². The molecule has 1 aromatic heterocycles. The second-order valence-corrected chi connectivity index (χ2v) is 8.63. The summed E-state index contributed by atoms with van der Waals surface area (Å²) in [4.78, 5) is 14.6. The molecule has 0 unspecified atom stereocenters. The number of benzene rings is 2. The molecule has 0 radical (unpaired) electrons. The Labute approximate surface area is 209 Å². The number of carbonyl (C=O) groups excluding carboxylic acids is 1. The van der Waals surface area contributed by atoms with E-state index < -0.39 is 11.6 Å². The Hall–Kier alpha value is -3.46. The van der Waals surface area contributed by atoms with E-state index >= 15 is 0 Å². The van der Waals surface area contributed by atoms with Crippen molar-refractivity contribution in [3.63, 3.8) is 0 Å². The molecule has 3 aromatic rings. The van der Waals surface area contributed by atoms with Crippen LogP contribution in [0.4, 0.5) is 8.78 Å². The van der Waals surface area contributed by atoms with Crippen LogP contribution in [0.15, 0.2) is 42.5 Å². The fourth-order valence-corrected chi connectivity index (χ4v) is 4.29. The molecule has 1 atom stereocenters. The van der Waals surface area contributed by atoms with Gasteiger partial charge in [-0.2, -0.15) is 5.10 Å². The van der Waals surface area contributed by atoms with E-state index in [2.05, 4.69) is 0 Å². The zero-order valence-electron chi connectivity index (χ0n) is 20.8. The summed E-state index contributed by atoms with van der Waals surface area (Å²) in [5.74, 6) is -0.753. The first kappa shape index (κ1) is 25.6. The van der Waals surface area contributed by atoms with Crippen LogP contribution in [-0.4, -0.2) is 47.0 Å². The van der Waals surface area contributed by atoms with Crippen LogP contribution in [-0.2, 0) is 22.5 Å². The maximum Gasteiger partial charge on any atom is 0.228 e. The molecule has 9 heteroatoms. The summed E-state index contributed by atoms with van der Waals surface area (Å²) in [6, 6.07) is 10.3. The van der Waals surface area contributed by atoms with Crippen molar-refractivity contribution in [3.8, 4) is 23.1 Å². The van der Waals surface area contributed by atoms with Crippen molar-refractivity contribution in [1.82, 2.24) is 14.7 Å². The number of aromatic nitrogens is 2. The zero-order valence-corrected chi connectivity index (χ0v) is 20.8. The molecule has 2 aromatic carbocycles. The topological polar surface area (TPSA) is 65.8 Å². The summed E-state index contributed by atoms with van der Waals surface area (Å²) in [6.07, 6.45) is 2.73. The first-order valence-electron chi connectivity index (χ1n) is 12.2. The third-order valence-electron chi connectivity index (χ3n) is 6.22. The molecule has 0 N–H and O–H groups in total. The number of nitrogens with zero attached hydrogens (tertiary/aromatic N) is 3. The van der Waals surface area contributed by atoms with E-state index in [0.717, 1.165) is 25.0 Å². The number of rotatable bonds is 10. The Morgan fingerprint density at radius 2 is 1.97 bits per heavy atom. The lowest BCUT2D eigenvalue weighted by molar-refractivity contribution is -0.133. The average molecular weight is 500 g/mol. The van der Waals surface area contributed by atoms with E-state index in [1.54, 1.807) is 28.8 Å². The molecule has 0 aliphatic carbocycles. The Balaban J connectivity index is 1.78. The zero-order chi connectivity index (χ0) is 25.7. The molecule has 2 heterocycles. The van der Waals surface area contributed by atoms with E-state index in [1.165, 1.54) is 6.07 Å². The molecule has 1 aliphatic heterocycles. The summed E-state index contributed by atoms with van der Waals surface area (Å²) in [5, 5.41) is 4.75. The van der Waals surface area contributed by atoms with Gasteiger partial charge in [0.1, 0.15) is 11.6 Å². The molecule has 7 nitrogen and oxygen atoms in total. The Morgan fingerprint density at radius 1 is 1.19 bits per heavy atom. The molecule has 0 saturated carbocycles. The summed E-state index contributed by atoms with van der Waals surface area (Å²) in [5.41, 5.74) is 2.04. The lowest BCUT2D eigenvalue weighted by atomic mass is 10.1. The molecule has 192 valence electrons. The van der Waals surface area contributed by atoms with E-state index in [1.807, 2.05) is 26.0 Å². The number of halogens is 2. The van der Waals surface area contributed by atoms with Crippen molar-refractivity contribution >= 4 is 5.91 Å². The van der Waals surface area contributed by atoms with E-state index in [4.69, 9.17) is 19.3 Å². The Kier molecular flexibility index (Phi) is 8.20. The maximum atomic E-state index is 14.6. The summed E-state index contributed by atoms with van der Waals surface area (Å²) in [6.45, 7) is 5.14. The second kappa shape index (κ2) is 11.5.